The summed E-state index contributed by atoms with van der Waals surface area (Å²) < 4.78 is 38.4. The summed E-state index contributed by atoms with van der Waals surface area (Å²) in [7, 11) is -4.57. The highest BCUT2D eigenvalue weighted by atomic mass is 35.5. The van der Waals surface area contributed by atoms with Crippen LogP contribution < -0.4 is 4.74 Å². The van der Waals surface area contributed by atoms with Crippen molar-refractivity contribution >= 4 is 21.8 Å². The van der Waals surface area contributed by atoms with Crippen molar-refractivity contribution in [2.24, 2.45) is 0 Å². The number of pyridine rings is 1. The van der Waals surface area contributed by atoms with E-state index in [1.165, 1.54) is 12.3 Å². The number of ether oxygens (including phenoxy) is 1. The maximum Gasteiger partial charge on any atom is 0.306 e. The van der Waals surface area contributed by atoms with Crippen LogP contribution >= 0.6 is 11.6 Å². The molecule has 0 radical (unpaired) electrons. The molecule has 4 nitrogen and oxygen atoms in total. The van der Waals surface area contributed by atoms with Gasteiger partial charge in [0.2, 0.25) is 5.88 Å². The van der Waals surface area contributed by atoms with Crippen LogP contribution in [0.1, 0.15) is 19.4 Å². The van der Waals surface area contributed by atoms with Gasteiger partial charge in [0.1, 0.15) is 10.8 Å². The maximum atomic E-state index is 12.4. The van der Waals surface area contributed by atoms with Crippen LogP contribution in [0.15, 0.2) is 12.3 Å². The standard InChI is InChI=1S/C9H11ClFNO3S/c1-6(2)15-9-8(10)3-7(4-12-9)5-16(11,13)14/h3-4,6H,5H2,1-2H3. The van der Waals surface area contributed by atoms with Crippen molar-refractivity contribution in [3.8, 4) is 5.88 Å². The van der Waals surface area contributed by atoms with Crippen LogP contribution in [0.5, 0.6) is 5.88 Å². The fourth-order valence-electron chi connectivity index (χ4n) is 1.05. The normalized spacial score (nSPS) is 11.8. The molecule has 0 N–H and O–H groups in total. The molecule has 0 spiro atoms. The second-order valence-corrected chi connectivity index (χ2v) is 5.25. The van der Waals surface area contributed by atoms with E-state index < -0.39 is 16.0 Å². The van der Waals surface area contributed by atoms with Crippen molar-refractivity contribution in [2.45, 2.75) is 25.7 Å². The van der Waals surface area contributed by atoms with Crippen LogP contribution in [-0.2, 0) is 16.0 Å². The summed E-state index contributed by atoms with van der Waals surface area (Å²) >= 11 is 5.80. The van der Waals surface area contributed by atoms with Gasteiger partial charge in [-0.2, -0.15) is 8.42 Å². The lowest BCUT2D eigenvalue weighted by molar-refractivity contribution is 0.232. The highest BCUT2D eigenvalue weighted by molar-refractivity contribution is 7.85. The number of hydrogen-bond acceptors (Lipinski definition) is 4. The van der Waals surface area contributed by atoms with Crippen molar-refractivity contribution in [1.82, 2.24) is 4.98 Å². The third-order valence-corrected chi connectivity index (χ3v) is 2.50. The Hall–Kier alpha value is -0.880. The molecular formula is C9H11ClFNO3S. The summed E-state index contributed by atoms with van der Waals surface area (Å²) in [6.07, 6.45) is 1.13. The summed E-state index contributed by atoms with van der Waals surface area (Å²) in [6.45, 7) is 3.61. The van der Waals surface area contributed by atoms with Gasteiger partial charge in [-0.1, -0.05) is 11.6 Å². The van der Waals surface area contributed by atoms with E-state index in [1.807, 2.05) is 0 Å². The van der Waals surface area contributed by atoms with Crippen LogP contribution in [0.25, 0.3) is 0 Å². The molecule has 1 aromatic rings. The lowest BCUT2D eigenvalue weighted by Gasteiger charge is -2.10. The van der Waals surface area contributed by atoms with E-state index in [0.29, 0.717) is 0 Å². The van der Waals surface area contributed by atoms with Gasteiger partial charge in [-0.3, -0.25) is 0 Å². The average molecular weight is 268 g/mol. The molecule has 0 aliphatic heterocycles. The third-order valence-electron chi connectivity index (χ3n) is 1.55. The van der Waals surface area contributed by atoms with Crippen molar-refractivity contribution < 1.29 is 17.0 Å². The zero-order valence-corrected chi connectivity index (χ0v) is 10.3. The molecule has 0 bridgehead atoms. The van der Waals surface area contributed by atoms with Gasteiger partial charge in [0.05, 0.1) is 6.10 Å². The largest absolute Gasteiger partial charge is 0.474 e. The van der Waals surface area contributed by atoms with E-state index in [1.54, 1.807) is 13.8 Å². The van der Waals surface area contributed by atoms with Crippen LogP contribution in [0.2, 0.25) is 5.02 Å². The second kappa shape index (κ2) is 4.97. The number of nitrogens with zero attached hydrogens (tertiary/aromatic N) is 1. The molecular weight excluding hydrogens is 257 g/mol. The van der Waals surface area contributed by atoms with Crippen molar-refractivity contribution in [3.05, 3.63) is 22.8 Å². The maximum absolute atomic E-state index is 12.4. The molecule has 0 atom stereocenters. The minimum atomic E-state index is -4.57. The Kier molecular flexibility index (Phi) is 4.09. The Morgan fingerprint density at radius 3 is 2.62 bits per heavy atom. The zero-order chi connectivity index (χ0) is 12.3. The van der Waals surface area contributed by atoms with E-state index in [4.69, 9.17) is 16.3 Å². The highest BCUT2D eigenvalue weighted by Gasteiger charge is 2.12. The molecule has 0 amide bonds. The van der Waals surface area contributed by atoms with Crippen molar-refractivity contribution in [3.63, 3.8) is 0 Å². The van der Waals surface area contributed by atoms with Gasteiger partial charge in [0.25, 0.3) is 0 Å². The molecule has 1 heterocycles. The van der Waals surface area contributed by atoms with Crippen LogP contribution in [0.4, 0.5) is 3.89 Å². The van der Waals surface area contributed by atoms with E-state index in [-0.39, 0.29) is 22.6 Å². The summed E-state index contributed by atoms with van der Waals surface area (Å²) in [5, 5.41) is 0.162. The van der Waals surface area contributed by atoms with Gasteiger partial charge < -0.3 is 4.74 Å². The first kappa shape index (κ1) is 13.2. The Balaban J connectivity index is 2.91. The minimum absolute atomic E-state index is 0.0965. The lowest BCUT2D eigenvalue weighted by Crippen LogP contribution is -2.08. The molecule has 16 heavy (non-hydrogen) atoms. The predicted molar refractivity (Wildman–Crippen MR) is 58.7 cm³/mol. The smallest absolute Gasteiger partial charge is 0.306 e. The number of halogens is 2. The quantitative estimate of drug-likeness (QED) is 0.786. The number of hydrogen-bond donors (Lipinski definition) is 0. The molecule has 1 aromatic heterocycles. The molecule has 0 fully saturated rings. The first-order chi connectivity index (χ1) is 7.28. The first-order valence-electron chi connectivity index (χ1n) is 4.51. The van der Waals surface area contributed by atoms with Gasteiger partial charge in [0, 0.05) is 6.20 Å². The van der Waals surface area contributed by atoms with Gasteiger partial charge in [-0.05, 0) is 25.5 Å². The minimum Gasteiger partial charge on any atom is -0.474 e. The molecule has 90 valence electrons. The molecule has 0 saturated heterocycles. The highest BCUT2D eigenvalue weighted by Crippen LogP contribution is 2.24. The number of aromatic nitrogens is 1. The van der Waals surface area contributed by atoms with E-state index in [9.17, 15) is 12.3 Å². The van der Waals surface area contributed by atoms with E-state index in [2.05, 4.69) is 4.98 Å². The summed E-state index contributed by atoms with van der Waals surface area (Å²) in [5.74, 6) is -0.529. The Bertz CT molecular complexity index is 476. The fraction of sp³-hybridized carbons (Fsp3) is 0.444. The third kappa shape index (κ3) is 4.32. The lowest BCUT2D eigenvalue weighted by atomic mass is 10.3. The van der Waals surface area contributed by atoms with Crippen molar-refractivity contribution in [2.75, 3.05) is 0 Å². The van der Waals surface area contributed by atoms with Gasteiger partial charge in [-0.25, -0.2) is 4.98 Å². The summed E-state index contributed by atoms with van der Waals surface area (Å²) in [6, 6.07) is 1.32. The second-order valence-electron chi connectivity index (χ2n) is 3.48. The van der Waals surface area contributed by atoms with Crippen LogP contribution in [0.3, 0.4) is 0 Å². The summed E-state index contributed by atoms with van der Waals surface area (Å²) in [4.78, 5) is 3.82. The Morgan fingerprint density at radius 2 is 2.19 bits per heavy atom. The first-order valence-corrected chi connectivity index (χ1v) is 6.44. The van der Waals surface area contributed by atoms with Crippen LogP contribution in [-0.4, -0.2) is 19.5 Å². The molecule has 0 aliphatic rings. The molecule has 0 unspecified atom stereocenters. The molecule has 0 aromatic carbocycles. The molecule has 7 heteroatoms. The Labute approximate surface area is 98.6 Å². The van der Waals surface area contributed by atoms with Gasteiger partial charge in [-0.15, -0.1) is 3.89 Å². The average Bonchev–Trinajstić information content (AvgIpc) is 2.06. The monoisotopic (exact) mass is 267 g/mol. The van der Waals surface area contributed by atoms with Crippen molar-refractivity contribution in [1.29, 1.82) is 0 Å². The van der Waals surface area contributed by atoms with Gasteiger partial charge >= 0.3 is 10.2 Å². The topological polar surface area (TPSA) is 56.3 Å². The zero-order valence-electron chi connectivity index (χ0n) is 8.78. The molecule has 0 saturated carbocycles. The summed E-state index contributed by atoms with van der Waals surface area (Å²) in [5.41, 5.74) is 0.184. The van der Waals surface area contributed by atoms with E-state index in [0.717, 1.165) is 0 Å². The Morgan fingerprint density at radius 1 is 1.56 bits per heavy atom. The van der Waals surface area contributed by atoms with Crippen LogP contribution in [0, 0.1) is 0 Å². The SMILES string of the molecule is CC(C)Oc1ncc(CS(=O)(=O)F)cc1Cl. The fourth-order valence-corrected chi connectivity index (χ4v) is 1.84. The number of rotatable bonds is 4. The molecule has 0 aliphatic carbocycles. The van der Waals surface area contributed by atoms with Gasteiger partial charge in [0.15, 0.2) is 0 Å². The molecule has 1 rings (SSSR count). The van der Waals surface area contributed by atoms with E-state index >= 15 is 0 Å². The predicted octanol–water partition coefficient (Wildman–Crippen LogP) is 2.32.